The fourth-order valence-electron chi connectivity index (χ4n) is 1.33. The van der Waals surface area contributed by atoms with Crippen LogP contribution in [0.1, 0.15) is 31.2 Å². The minimum absolute atomic E-state index is 0.576. The minimum Gasteiger partial charge on any atom is -0.264 e. The predicted molar refractivity (Wildman–Crippen MR) is 55.7 cm³/mol. The fraction of sp³-hybridized carbons (Fsp3) is 0.500. The third-order valence-electron chi connectivity index (χ3n) is 2.01. The van der Waals surface area contributed by atoms with E-state index in [1.807, 2.05) is 18.5 Å². The standard InChI is InChI=1S/C10H15NS/c1-2-4-10(8-12)9-5-3-6-11-7-9/h3,5-7,10,12H,2,4,8H2,1H3. The van der Waals surface area contributed by atoms with Crippen molar-refractivity contribution in [2.45, 2.75) is 25.7 Å². The van der Waals surface area contributed by atoms with Gasteiger partial charge >= 0.3 is 0 Å². The number of rotatable bonds is 4. The van der Waals surface area contributed by atoms with Crippen molar-refractivity contribution in [1.29, 1.82) is 0 Å². The van der Waals surface area contributed by atoms with E-state index in [2.05, 4.69) is 30.6 Å². The Hall–Kier alpha value is -0.500. The van der Waals surface area contributed by atoms with Crippen LogP contribution in [0.4, 0.5) is 0 Å². The summed E-state index contributed by atoms with van der Waals surface area (Å²) in [7, 11) is 0. The Kier molecular flexibility index (Phi) is 4.15. The van der Waals surface area contributed by atoms with Crippen LogP contribution in [-0.4, -0.2) is 10.7 Å². The molecule has 0 aliphatic heterocycles. The summed E-state index contributed by atoms with van der Waals surface area (Å²) in [5, 5.41) is 0. The number of hydrogen-bond acceptors (Lipinski definition) is 2. The summed E-state index contributed by atoms with van der Waals surface area (Å²) in [4.78, 5) is 4.10. The first-order chi connectivity index (χ1) is 5.88. The molecule has 1 heterocycles. The van der Waals surface area contributed by atoms with Gasteiger partial charge in [0.25, 0.3) is 0 Å². The lowest BCUT2D eigenvalue weighted by Crippen LogP contribution is -2.00. The Bertz CT molecular complexity index is 210. The van der Waals surface area contributed by atoms with E-state index < -0.39 is 0 Å². The van der Waals surface area contributed by atoms with Crippen molar-refractivity contribution in [3.05, 3.63) is 30.1 Å². The lowest BCUT2D eigenvalue weighted by molar-refractivity contribution is 0.672. The summed E-state index contributed by atoms with van der Waals surface area (Å²) in [5.74, 6) is 1.49. The maximum Gasteiger partial charge on any atom is 0.0302 e. The molecule has 1 unspecified atom stereocenters. The molecule has 0 spiro atoms. The second kappa shape index (κ2) is 5.20. The van der Waals surface area contributed by atoms with Gasteiger partial charge < -0.3 is 0 Å². The van der Waals surface area contributed by atoms with Crippen LogP contribution in [0.25, 0.3) is 0 Å². The van der Waals surface area contributed by atoms with Crippen molar-refractivity contribution in [2.75, 3.05) is 5.75 Å². The van der Waals surface area contributed by atoms with Crippen molar-refractivity contribution in [1.82, 2.24) is 4.98 Å². The van der Waals surface area contributed by atoms with Gasteiger partial charge in [-0.1, -0.05) is 19.4 Å². The fourth-order valence-corrected chi connectivity index (χ4v) is 1.72. The summed E-state index contributed by atoms with van der Waals surface area (Å²) in [6, 6.07) is 4.12. The number of nitrogens with zero attached hydrogens (tertiary/aromatic N) is 1. The van der Waals surface area contributed by atoms with Crippen LogP contribution >= 0.6 is 12.6 Å². The van der Waals surface area contributed by atoms with Crippen LogP contribution in [0.3, 0.4) is 0 Å². The molecule has 1 rings (SSSR count). The molecule has 1 nitrogen and oxygen atoms in total. The second-order valence-electron chi connectivity index (χ2n) is 2.95. The van der Waals surface area contributed by atoms with Gasteiger partial charge in [0, 0.05) is 12.4 Å². The highest BCUT2D eigenvalue weighted by molar-refractivity contribution is 7.80. The van der Waals surface area contributed by atoms with Gasteiger partial charge in [-0.3, -0.25) is 4.98 Å². The molecule has 0 saturated heterocycles. The van der Waals surface area contributed by atoms with Crippen LogP contribution in [0.5, 0.6) is 0 Å². The Morgan fingerprint density at radius 3 is 2.92 bits per heavy atom. The van der Waals surface area contributed by atoms with Gasteiger partial charge in [0.2, 0.25) is 0 Å². The average molecular weight is 181 g/mol. The zero-order valence-corrected chi connectivity index (χ0v) is 8.30. The molecule has 2 heteroatoms. The van der Waals surface area contributed by atoms with Crippen LogP contribution in [-0.2, 0) is 0 Å². The zero-order chi connectivity index (χ0) is 8.81. The van der Waals surface area contributed by atoms with Crippen molar-refractivity contribution >= 4 is 12.6 Å². The van der Waals surface area contributed by atoms with E-state index in [0.29, 0.717) is 5.92 Å². The summed E-state index contributed by atoms with van der Waals surface area (Å²) < 4.78 is 0. The number of aromatic nitrogens is 1. The van der Waals surface area contributed by atoms with Gasteiger partial charge in [-0.25, -0.2) is 0 Å². The Balaban J connectivity index is 2.66. The maximum atomic E-state index is 4.33. The molecule has 1 atom stereocenters. The summed E-state index contributed by atoms with van der Waals surface area (Å²) in [5.41, 5.74) is 1.31. The van der Waals surface area contributed by atoms with E-state index in [4.69, 9.17) is 0 Å². The highest BCUT2D eigenvalue weighted by Crippen LogP contribution is 2.21. The van der Waals surface area contributed by atoms with E-state index in [1.165, 1.54) is 18.4 Å². The van der Waals surface area contributed by atoms with Crippen molar-refractivity contribution in [3.63, 3.8) is 0 Å². The molecule has 0 saturated carbocycles. The Morgan fingerprint density at radius 2 is 2.42 bits per heavy atom. The quantitative estimate of drug-likeness (QED) is 0.705. The van der Waals surface area contributed by atoms with E-state index in [1.54, 1.807) is 0 Å². The summed E-state index contributed by atoms with van der Waals surface area (Å²) >= 11 is 4.33. The molecule has 0 fully saturated rings. The number of thiol groups is 1. The SMILES string of the molecule is CCCC(CS)c1cccnc1. The molecule has 0 aromatic carbocycles. The number of hydrogen-bond donors (Lipinski definition) is 1. The minimum atomic E-state index is 0.576. The van der Waals surface area contributed by atoms with E-state index in [9.17, 15) is 0 Å². The molecule has 0 aliphatic carbocycles. The first kappa shape index (κ1) is 9.59. The largest absolute Gasteiger partial charge is 0.264 e. The summed E-state index contributed by atoms with van der Waals surface area (Å²) in [6.45, 7) is 2.20. The van der Waals surface area contributed by atoms with Crippen LogP contribution in [0.15, 0.2) is 24.5 Å². The Morgan fingerprint density at radius 1 is 1.58 bits per heavy atom. The zero-order valence-electron chi connectivity index (χ0n) is 7.40. The molecule has 66 valence electrons. The van der Waals surface area contributed by atoms with Crippen molar-refractivity contribution in [3.8, 4) is 0 Å². The van der Waals surface area contributed by atoms with E-state index in [-0.39, 0.29) is 0 Å². The van der Waals surface area contributed by atoms with Gasteiger partial charge in [0.1, 0.15) is 0 Å². The van der Waals surface area contributed by atoms with Gasteiger partial charge in [-0.2, -0.15) is 12.6 Å². The highest BCUT2D eigenvalue weighted by atomic mass is 32.1. The first-order valence-electron chi connectivity index (χ1n) is 4.39. The second-order valence-corrected chi connectivity index (χ2v) is 3.32. The number of pyridine rings is 1. The van der Waals surface area contributed by atoms with Gasteiger partial charge in [0.05, 0.1) is 0 Å². The maximum absolute atomic E-state index is 4.33. The third kappa shape index (κ3) is 2.52. The molecular formula is C10H15NS. The van der Waals surface area contributed by atoms with Crippen molar-refractivity contribution in [2.24, 2.45) is 0 Å². The molecule has 0 bridgehead atoms. The normalized spacial score (nSPS) is 12.8. The van der Waals surface area contributed by atoms with E-state index in [0.717, 1.165) is 5.75 Å². The molecule has 12 heavy (non-hydrogen) atoms. The van der Waals surface area contributed by atoms with Gasteiger partial charge in [-0.15, -0.1) is 0 Å². The highest BCUT2D eigenvalue weighted by Gasteiger charge is 2.07. The first-order valence-corrected chi connectivity index (χ1v) is 5.02. The van der Waals surface area contributed by atoms with Crippen LogP contribution in [0.2, 0.25) is 0 Å². The molecule has 0 aliphatic rings. The molecular weight excluding hydrogens is 166 g/mol. The van der Waals surface area contributed by atoms with Gasteiger partial charge in [-0.05, 0) is 29.7 Å². The molecule has 0 radical (unpaired) electrons. The predicted octanol–water partition coefficient (Wildman–Crippen LogP) is 2.90. The molecule has 0 amide bonds. The molecule has 0 N–H and O–H groups in total. The summed E-state index contributed by atoms with van der Waals surface area (Å²) in [6.07, 6.45) is 6.16. The lowest BCUT2D eigenvalue weighted by atomic mass is 9.98. The van der Waals surface area contributed by atoms with E-state index >= 15 is 0 Å². The van der Waals surface area contributed by atoms with Crippen molar-refractivity contribution < 1.29 is 0 Å². The molecule has 1 aromatic heterocycles. The monoisotopic (exact) mass is 181 g/mol. The topological polar surface area (TPSA) is 12.9 Å². The lowest BCUT2D eigenvalue weighted by Gasteiger charge is -2.12. The Labute approximate surface area is 79.6 Å². The van der Waals surface area contributed by atoms with Crippen LogP contribution in [0, 0.1) is 0 Å². The van der Waals surface area contributed by atoms with Gasteiger partial charge in [0.15, 0.2) is 0 Å². The third-order valence-corrected chi connectivity index (χ3v) is 2.45. The average Bonchev–Trinajstić information content (AvgIpc) is 2.15. The molecule has 1 aromatic rings. The smallest absolute Gasteiger partial charge is 0.0302 e. The van der Waals surface area contributed by atoms with Crippen LogP contribution < -0.4 is 0 Å².